The Morgan fingerprint density at radius 2 is 2.25 bits per heavy atom. The molecule has 1 aromatic carbocycles. The van der Waals surface area contributed by atoms with Crippen LogP contribution in [0.4, 0.5) is 0 Å². The van der Waals surface area contributed by atoms with E-state index in [0.29, 0.717) is 0 Å². The smallest absolute Gasteiger partial charge is 0.0701 e. The van der Waals surface area contributed by atoms with Crippen LogP contribution in [0.3, 0.4) is 0 Å². The minimum Gasteiger partial charge on any atom is -0.306 e. The molecule has 0 radical (unpaired) electrons. The van der Waals surface area contributed by atoms with Gasteiger partial charge in [-0.05, 0) is 56.5 Å². The van der Waals surface area contributed by atoms with E-state index >= 15 is 0 Å². The van der Waals surface area contributed by atoms with Crippen molar-refractivity contribution < 1.29 is 0 Å². The highest BCUT2D eigenvalue weighted by Gasteiger charge is 2.16. The molecule has 1 N–H and O–H groups in total. The number of halogens is 1. The number of thiophene rings is 1. The second-order valence-corrected chi connectivity index (χ2v) is 6.91. The van der Waals surface area contributed by atoms with Gasteiger partial charge in [0.1, 0.15) is 0 Å². The SMILES string of the molecule is CCNC(c1csc(Br)c1)c1cccc2ccncc12. The number of nitrogens with zero attached hydrogens (tertiary/aromatic N) is 1. The van der Waals surface area contributed by atoms with Gasteiger partial charge in [-0.2, -0.15) is 0 Å². The summed E-state index contributed by atoms with van der Waals surface area (Å²) in [5.74, 6) is 0. The van der Waals surface area contributed by atoms with Crippen molar-refractivity contribution in [2.75, 3.05) is 6.54 Å². The molecule has 2 nitrogen and oxygen atoms in total. The van der Waals surface area contributed by atoms with Crippen LogP contribution >= 0.6 is 27.3 Å². The zero-order valence-corrected chi connectivity index (χ0v) is 13.5. The van der Waals surface area contributed by atoms with Crippen LogP contribution in [-0.2, 0) is 0 Å². The average Bonchev–Trinajstić information content (AvgIpc) is 2.91. The van der Waals surface area contributed by atoms with Gasteiger partial charge in [0.2, 0.25) is 0 Å². The third-order valence-electron chi connectivity index (χ3n) is 3.36. The first-order valence-corrected chi connectivity index (χ1v) is 8.27. The monoisotopic (exact) mass is 346 g/mol. The van der Waals surface area contributed by atoms with E-state index in [1.165, 1.54) is 21.9 Å². The van der Waals surface area contributed by atoms with E-state index in [9.17, 15) is 0 Å². The Balaban J connectivity index is 2.14. The zero-order chi connectivity index (χ0) is 13.9. The van der Waals surface area contributed by atoms with Crippen LogP contribution in [-0.4, -0.2) is 11.5 Å². The fraction of sp³-hybridized carbons (Fsp3) is 0.188. The van der Waals surface area contributed by atoms with Gasteiger partial charge < -0.3 is 5.32 Å². The zero-order valence-electron chi connectivity index (χ0n) is 11.1. The van der Waals surface area contributed by atoms with Crippen LogP contribution in [0.1, 0.15) is 24.1 Å². The van der Waals surface area contributed by atoms with Crippen molar-refractivity contribution in [1.82, 2.24) is 10.3 Å². The molecule has 0 aliphatic carbocycles. The first kappa shape index (κ1) is 13.7. The van der Waals surface area contributed by atoms with Crippen LogP contribution in [0.2, 0.25) is 0 Å². The molecule has 0 saturated heterocycles. The Morgan fingerprint density at radius 1 is 1.35 bits per heavy atom. The van der Waals surface area contributed by atoms with Gasteiger partial charge in [-0.3, -0.25) is 4.98 Å². The van der Waals surface area contributed by atoms with Crippen molar-refractivity contribution in [3.8, 4) is 0 Å². The number of benzene rings is 1. The molecule has 1 atom stereocenters. The molecule has 2 aromatic heterocycles. The first-order valence-electron chi connectivity index (χ1n) is 6.59. The van der Waals surface area contributed by atoms with E-state index in [2.05, 4.69) is 68.9 Å². The number of aromatic nitrogens is 1. The molecular weight excluding hydrogens is 332 g/mol. The second kappa shape index (κ2) is 6.04. The lowest BCUT2D eigenvalue weighted by molar-refractivity contribution is 0.636. The van der Waals surface area contributed by atoms with Crippen LogP contribution in [0.25, 0.3) is 10.8 Å². The van der Waals surface area contributed by atoms with Gasteiger partial charge in [0.25, 0.3) is 0 Å². The van der Waals surface area contributed by atoms with Crippen molar-refractivity contribution in [3.63, 3.8) is 0 Å². The summed E-state index contributed by atoms with van der Waals surface area (Å²) in [6.07, 6.45) is 3.80. The largest absolute Gasteiger partial charge is 0.306 e. The maximum Gasteiger partial charge on any atom is 0.0701 e. The van der Waals surface area contributed by atoms with Gasteiger partial charge in [-0.15, -0.1) is 11.3 Å². The third kappa shape index (κ3) is 2.64. The Morgan fingerprint density at radius 3 is 3.00 bits per heavy atom. The molecule has 0 saturated carbocycles. The fourth-order valence-electron chi connectivity index (χ4n) is 2.47. The molecule has 3 aromatic rings. The number of hydrogen-bond donors (Lipinski definition) is 1. The third-order valence-corrected chi connectivity index (χ3v) is 4.88. The number of hydrogen-bond acceptors (Lipinski definition) is 3. The summed E-state index contributed by atoms with van der Waals surface area (Å²) in [6, 6.07) is 10.9. The molecule has 3 rings (SSSR count). The molecule has 20 heavy (non-hydrogen) atoms. The molecule has 0 bridgehead atoms. The second-order valence-electron chi connectivity index (χ2n) is 4.62. The standard InChI is InChI=1S/C16H15BrN2S/c1-2-19-16(12-8-15(17)20-10-12)13-5-3-4-11-6-7-18-9-14(11)13/h3-10,16,19H,2H2,1H3. The van der Waals surface area contributed by atoms with E-state index in [1.807, 2.05) is 12.4 Å². The first-order chi connectivity index (χ1) is 9.79. The summed E-state index contributed by atoms with van der Waals surface area (Å²) in [6.45, 7) is 3.06. The molecule has 0 amide bonds. The maximum absolute atomic E-state index is 4.28. The van der Waals surface area contributed by atoms with Crippen molar-refractivity contribution >= 4 is 38.0 Å². The molecule has 1 unspecified atom stereocenters. The van der Waals surface area contributed by atoms with Crippen molar-refractivity contribution in [1.29, 1.82) is 0 Å². The lowest BCUT2D eigenvalue weighted by Crippen LogP contribution is -2.21. The molecule has 102 valence electrons. The number of nitrogens with one attached hydrogen (secondary N) is 1. The lowest BCUT2D eigenvalue weighted by Gasteiger charge is -2.19. The Kier molecular flexibility index (Phi) is 4.15. The highest BCUT2D eigenvalue weighted by atomic mass is 79.9. The van der Waals surface area contributed by atoms with Crippen molar-refractivity contribution in [2.24, 2.45) is 0 Å². The molecule has 0 aliphatic rings. The van der Waals surface area contributed by atoms with E-state index in [4.69, 9.17) is 0 Å². The Labute approximate surface area is 131 Å². The van der Waals surface area contributed by atoms with E-state index in [1.54, 1.807) is 11.3 Å². The number of rotatable bonds is 4. The minimum atomic E-state index is 0.204. The van der Waals surface area contributed by atoms with Gasteiger partial charge in [-0.25, -0.2) is 0 Å². The summed E-state index contributed by atoms with van der Waals surface area (Å²) in [7, 11) is 0. The van der Waals surface area contributed by atoms with Crippen LogP contribution < -0.4 is 5.32 Å². The number of fused-ring (bicyclic) bond motifs is 1. The summed E-state index contributed by atoms with van der Waals surface area (Å²) >= 11 is 5.27. The van der Waals surface area contributed by atoms with Gasteiger partial charge in [0.05, 0.1) is 9.83 Å². The average molecular weight is 347 g/mol. The Bertz CT molecular complexity index is 718. The highest BCUT2D eigenvalue weighted by molar-refractivity contribution is 9.11. The van der Waals surface area contributed by atoms with E-state index in [0.717, 1.165) is 10.3 Å². The summed E-state index contributed by atoms with van der Waals surface area (Å²) in [4.78, 5) is 4.28. The molecule has 2 heterocycles. The van der Waals surface area contributed by atoms with Gasteiger partial charge >= 0.3 is 0 Å². The topological polar surface area (TPSA) is 24.9 Å². The lowest BCUT2D eigenvalue weighted by atomic mass is 9.96. The molecule has 0 spiro atoms. The van der Waals surface area contributed by atoms with E-state index < -0.39 is 0 Å². The number of pyridine rings is 1. The summed E-state index contributed by atoms with van der Waals surface area (Å²) in [5.41, 5.74) is 2.57. The minimum absolute atomic E-state index is 0.204. The molecule has 4 heteroatoms. The predicted octanol–water partition coefficient (Wildman–Crippen LogP) is 4.76. The van der Waals surface area contributed by atoms with Gasteiger partial charge in [-0.1, -0.05) is 25.1 Å². The summed E-state index contributed by atoms with van der Waals surface area (Å²) < 4.78 is 1.16. The fourth-order valence-corrected chi connectivity index (χ4v) is 3.68. The van der Waals surface area contributed by atoms with Crippen molar-refractivity contribution in [2.45, 2.75) is 13.0 Å². The normalized spacial score (nSPS) is 12.7. The van der Waals surface area contributed by atoms with Gasteiger partial charge in [0.15, 0.2) is 0 Å². The highest BCUT2D eigenvalue weighted by Crippen LogP contribution is 2.32. The Hall–Kier alpha value is -1.23. The predicted molar refractivity (Wildman–Crippen MR) is 89.3 cm³/mol. The van der Waals surface area contributed by atoms with Gasteiger partial charge in [0, 0.05) is 17.8 Å². The van der Waals surface area contributed by atoms with E-state index in [-0.39, 0.29) is 6.04 Å². The van der Waals surface area contributed by atoms with Crippen LogP contribution in [0, 0.1) is 0 Å². The van der Waals surface area contributed by atoms with Crippen LogP contribution in [0.15, 0.2) is 51.9 Å². The summed E-state index contributed by atoms with van der Waals surface area (Å²) in [5, 5.41) is 8.22. The van der Waals surface area contributed by atoms with Crippen LogP contribution in [0.5, 0.6) is 0 Å². The maximum atomic E-state index is 4.28. The molecule has 0 aliphatic heterocycles. The quantitative estimate of drug-likeness (QED) is 0.736. The molecular formula is C16H15BrN2S. The molecule has 0 fully saturated rings. The van der Waals surface area contributed by atoms with Crippen molar-refractivity contribution in [3.05, 3.63) is 63.0 Å².